The maximum Gasteiger partial charge on any atom is 0.319 e. The van der Waals surface area contributed by atoms with Crippen LogP contribution in [0.25, 0.3) is 0 Å². The molecule has 6 heteroatoms. The van der Waals surface area contributed by atoms with E-state index in [1.165, 1.54) is 14.2 Å². The topological polar surface area (TPSA) is 64.5 Å². The van der Waals surface area contributed by atoms with Gasteiger partial charge in [-0.1, -0.05) is 11.6 Å². The van der Waals surface area contributed by atoms with Crippen molar-refractivity contribution in [2.45, 2.75) is 6.42 Å². The monoisotopic (exact) mass is 218 g/mol. The van der Waals surface area contributed by atoms with Crippen molar-refractivity contribution in [1.29, 1.82) is 0 Å². The highest BCUT2D eigenvalue weighted by molar-refractivity contribution is 6.32. The molecule has 14 heavy (non-hydrogen) atoms. The molecule has 0 aliphatic carbocycles. The predicted molar refractivity (Wildman–Crippen MR) is 50.9 cm³/mol. The molecular weight excluding hydrogens is 208 g/mol. The van der Waals surface area contributed by atoms with E-state index in [0.29, 0.717) is 17.1 Å². The minimum atomic E-state index is -0.0386. The summed E-state index contributed by atoms with van der Waals surface area (Å²) in [5, 5.41) is 9.08. The van der Waals surface area contributed by atoms with Gasteiger partial charge in [-0.2, -0.15) is 9.97 Å². The first kappa shape index (κ1) is 11.0. The molecule has 1 rings (SSSR count). The molecule has 78 valence electrons. The fraction of sp³-hybridized carbons (Fsp3) is 0.500. The number of aliphatic hydroxyl groups excluding tert-OH is 1. The Kier molecular flexibility index (Phi) is 3.91. The van der Waals surface area contributed by atoms with Crippen molar-refractivity contribution in [2.24, 2.45) is 0 Å². The summed E-state index contributed by atoms with van der Waals surface area (Å²) >= 11 is 5.90. The summed E-state index contributed by atoms with van der Waals surface area (Å²) in [6.07, 6.45) is 0.341. The third-order valence-corrected chi connectivity index (χ3v) is 1.97. The van der Waals surface area contributed by atoms with Crippen LogP contribution >= 0.6 is 11.6 Å². The van der Waals surface area contributed by atoms with Crippen LogP contribution in [-0.2, 0) is 6.42 Å². The van der Waals surface area contributed by atoms with E-state index in [9.17, 15) is 0 Å². The lowest BCUT2D eigenvalue weighted by molar-refractivity contribution is 0.295. The van der Waals surface area contributed by atoms with Crippen molar-refractivity contribution >= 4 is 11.6 Å². The van der Waals surface area contributed by atoms with E-state index in [2.05, 4.69) is 9.97 Å². The molecule has 0 spiro atoms. The van der Waals surface area contributed by atoms with E-state index < -0.39 is 0 Å². The Morgan fingerprint density at radius 2 is 2.00 bits per heavy atom. The van der Waals surface area contributed by atoms with Gasteiger partial charge in [0.2, 0.25) is 5.88 Å². The van der Waals surface area contributed by atoms with E-state index in [-0.39, 0.29) is 18.5 Å². The minimum absolute atomic E-state index is 0.0386. The van der Waals surface area contributed by atoms with Crippen LogP contribution in [0, 0.1) is 0 Å². The zero-order chi connectivity index (χ0) is 10.6. The fourth-order valence-corrected chi connectivity index (χ4v) is 1.20. The molecule has 0 atom stereocenters. The smallest absolute Gasteiger partial charge is 0.319 e. The van der Waals surface area contributed by atoms with Gasteiger partial charge in [0.1, 0.15) is 5.02 Å². The van der Waals surface area contributed by atoms with Crippen LogP contribution in [0.15, 0.2) is 0 Å². The number of hydrogen-bond donors (Lipinski definition) is 1. The van der Waals surface area contributed by atoms with Crippen molar-refractivity contribution in [3.63, 3.8) is 0 Å². The Morgan fingerprint density at radius 1 is 1.29 bits per heavy atom. The molecular formula is C8H11ClN2O3. The molecule has 0 radical (unpaired) electrons. The number of hydrogen-bond acceptors (Lipinski definition) is 5. The van der Waals surface area contributed by atoms with E-state index in [4.69, 9.17) is 26.2 Å². The van der Waals surface area contributed by atoms with E-state index in [0.717, 1.165) is 0 Å². The molecule has 5 nitrogen and oxygen atoms in total. The molecule has 1 heterocycles. The molecule has 0 saturated heterocycles. The number of aromatic nitrogens is 2. The van der Waals surface area contributed by atoms with Crippen molar-refractivity contribution in [2.75, 3.05) is 20.8 Å². The molecule has 0 aromatic carbocycles. The Hall–Kier alpha value is -1.07. The molecule has 0 amide bonds. The van der Waals surface area contributed by atoms with Crippen LogP contribution in [0.5, 0.6) is 11.9 Å². The maximum atomic E-state index is 8.77. The van der Waals surface area contributed by atoms with E-state index in [1.54, 1.807) is 0 Å². The summed E-state index contributed by atoms with van der Waals surface area (Å²) < 4.78 is 9.79. The highest BCUT2D eigenvalue weighted by Gasteiger charge is 2.12. The van der Waals surface area contributed by atoms with Gasteiger partial charge in [-0.3, -0.25) is 0 Å². The quantitative estimate of drug-likeness (QED) is 0.805. The summed E-state index contributed by atoms with van der Waals surface area (Å²) in [5.74, 6) is 0.252. The summed E-state index contributed by atoms with van der Waals surface area (Å²) in [7, 11) is 2.90. The second kappa shape index (κ2) is 4.97. The molecule has 1 N–H and O–H groups in total. The van der Waals surface area contributed by atoms with Gasteiger partial charge in [-0.25, -0.2) is 0 Å². The minimum Gasteiger partial charge on any atom is -0.480 e. The Morgan fingerprint density at radius 3 is 2.50 bits per heavy atom. The summed E-state index contributed by atoms with van der Waals surface area (Å²) in [5.41, 5.74) is 0.512. The Bertz CT molecular complexity index is 320. The third-order valence-electron chi connectivity index (χ3n) is 1.59. The second-order valence-electron chi connectivity index (χ2n) is 2.45. The van der Waals surface area contributed by atoms with Gasteiger partial charge >= 0.3 is 6.01 Å². The molecule has 0 bridgehead atoms. The molecule has 0 aliphatic rings. The Balaban J connectivity index is 3.12. The van der Waals surface area contributed by atoms with Gasteiger partial charge < -0.3 is 14.6 Å². The first-order valence-corrected chi connectivity index (χ1v) is 4.36. The standard InChI is InChI=1S/C8H11ClN2O3/c1-13-7-6(9)5(3-4-12)10-8(11-7)14-2/h12H,3-4H2,1-2H3. The van der Waals surface area contributed by atoms with Crippen LogP contribution in [-0.4, -0.2) is 35.9 Å². The summed E-state index contributed by atoms with van der Waals surface area (Å²) in [6.45, 7) is -0.0386. The van der Waals surface area contributed by atoms with Gasteiger partial charge in [0.15, 0.2) is 0 Å². The van der Waals surface area contributed by atoms with Gasteiger partial charge in [0, 0.05) is 13.0 Å². The lowest BCUT2D eigenvalue weighted by atomic mass is 10.3. The molecule has 0 saturated carbocycles. The average molecular weight is 219 g/mol. The van der Waals surface area contributed by atoms with Crippen molar-refractivity contribution < 1.29 is 14.6 Å². The lowest BCUT2D eigenvalue weighted by Crippen LogP contribution is -2.03. The van der Waals surface area contributed by atoms with E-state index in [1.807, 2.05) is 0 Å². The Labute approximate surface area is 86.7 Å². The normalized spacial score (nSPS) is 10.0. The fourth-order valence-electron chi connectivity index (χ4n) is 0.947. The van der Waals surface area contributed by atoms with Gasteiger partial charge in [0.25, 0.3) is 0 Å². The second-order valence-corrected chi connectivity index (χ2v) is 2.83. The van der Waals surface area contributed by atoms with Crippen molar-refractivity contribution in [1.82, 2.24) is 9.97 Å². The SMILES string of the molecule is COc1nc(CCO)c(Cl)c(OC)n1. The van der Waals surface area contributed by atoms with Crippen LogP contribution in [0.1, 0.15) is 5.69 Å². The van der Waals surface area contributed by atoms with Crippen LogP contribution in [0.2, 0.25) is 5.02 Å². The van der Waals surface area contributed by atoms with Gasteiger partial charge in [0.05, 0.1) is 19.9 Å². The number of rotatable bonds is 4. The highest BCUT2D eigenvalue weighted by Crippen LogP contribution is 2.26. The highest BCUT2D eigenvalue weighted by atomic mass is 35.5. The number of halogens is 1. The van der Waals surface area contributed by atoms with Gasteiger partial charge in [-0.15, -0.1) is 0 Å². The molecule has 0 aliphatic heterocycles. The third kappa shape index (κ3) is 2.24. The first-order chi connectivity index (χ1) is 6.72. The number of ether oxygens (including phenoxy) is 2. The predicted octanol–water partition coefficient (Wildman–Crippen LogP) is 0.682. The zero-order valence-electron chi connectivity index (χ0n) is 7.95. The maximum absolute atomic E-state index is 8.77. The largest absolute Gasteiger partial charge is 0.480 e. The van der Waals surface area contributed by atoms with E-state index >= 15 is 0 Å². The number of aliphatic hydroxyl groups is 1. The van der Waals surface area contributed by atoms with Crippen LogP contribution in [0.3, 0.4) is 0 Å². The summed E-state index contributed by atoms with van der Waals surface area (Å²) in [4.78, 5) is 7.87. The van der Waals surface area contributed by atoms with Crippen LogP contribution < -0.4 is 9.47 Å². The summed E-state index contributed by atoms with van der Waals surface area (Å²) in [6, 6.07) is 0.176. The van der Waals surface area contributed by atoms with Crippen LogP contribution in [0.4, 0.5) is 0 Å². The zero-order valence-corrected chi connectivity index (χ0v) is 8.71. The molecule has 1 aromatic heterocycles. The molecule has 0 unspecified atom stereocenters. The van der Waals surface area contributed by atoms with Crippen molar-refractivity contribution in [3.8, 4) is 11.9 Å². The number of nitrogens with zero attached hydrogens (tertiary/aromatic N) is 2. The molecule has 1 aromatic rings. The molecule has 0 fully saturated rings. The lowest BCUT2D eigenvalue weighted by Gasteiger charge is -2.07. The van der Waals surface area contributed by atoms with Crippen molar-refractivity contribution in [3.05, 3.63) is 10.7 Å². The number of methoxy groups -OCH3 is 2. The van der Waals surface area contributed by atoms with Gasteiger partial charge in [-0.05, 0) is 0 Å². The average Bonchev–Trinajstić information content (AvgIpc) is 2.21. The first-order valence-electron chi connectivity index (χ1n) is 3.98.